The minimum absolute atomic E-state index is 0.103. The Morgan fingerprint density at radius 3 is 2.42 bits per heavy atom. The maximum absolute atomic E-state index is 13.0. The van der Waals surface area contributed by atoms with Crippen LogP contribution in [0, 0.1) is 5.41 Å². The van der Waals surface area contributed by atoms with Gasteiger partial charge in [0.25, 0.3) is 15.9 Å². The van der Waals surface area contributed by atoms with E-state index in [9.17, 15) is 8.42 Å². The molecule has 0 spiro atoms. The summed E-state index contributed by atoms with van der Waals surface area (Å²) in [6.07, 6.45) is 18.3. The third-order valence-corrected chi connectivity index (χ3v) is 6.80. The third kappa shape index (κ3) is 4.82. The molecule has 4 rings (SSSR count). The average molecular weight is 440 g/mol. The lowest BCUT2D eigenvalue weighted by atomic mass is 9.82. The number of nitrogens with zero attached hydrogens (tertiary/aromatic N) is 2. The Balaban J connectivity index is 1.72. The molecule has 7 heteroatoms. The molecule has 164 valence electrons. The maximum Gasteiger partial charge on any atom is 0.264 e. The Hall–Kier alpha value is -2.67. The summed E-state index contributed by atoms with van der Waals surface area (Å²) in [6.45, 7) is 6.41. The van der Waals surface area contributed by atoms with Gasteiger partial charge >= 0.3 is 0 Å². The first-order chi connectivity index (χ1) is 14.7. The molecule has 1 aromatic rings. The molecule has 0 radical (unpaired) electrons. The number of allylic oxidation sites excluding steroid dienone is 7. The summed E-state index contributed by atoms with van der Waals surface area (Å²) < 4.78 is 34.9. The van der Waals surface area contributed by atoms with E-state index in [0.717, 1.165) is 49.1 Å². The number of sulfonamides is 1. The van der Waals surface area contributed by atoms with Gasteiger partial charge in [0, 0.05) is 0 Å². The molecule has 0 aliphatic heterocycles. The van der Waals surface area contributed by atoms with Crippen LogP contribution < -0.4 is 9.46 Å². The van der Waals surface area contributed by atoms with Gasteiger partial charge in [0.05, 0.1) is 16.3 Å². The number of fused-ring (bicyclic) bond motifs is 1. The summed E-state index contributed by atoms with van der Waals surface area (Å²) in [4.78, 5) is 9.51. The second kappa shape index (κ2) is 8.46. The van der Waals surface area contributed by atoms with Gasteiger partial charge in [-0.3, -0.25) is 4.72 Å². The van der Waals surface area contributed by atoms with Crippen molar-refractivity contribution in [3.63, 3.8) is 0 Å². The van der Waals surface area contributed by atoms with Crippen molar-refractivity contribution in [3.8, 4) is 5.88 Å². The smallest absolute Gasteiger partial charge is 0.264 e. The fourth-order valence-electron chi connectivity index (χ4n) is 3.84. The van der Waals surface area contributed by atoms with Crippen LogP contribution in [0.15, 0.2) is 52.7 Å². The lowest BCUT2D eigenvalue weighted by molar-refractivity contribution is 0.372. The molecule has 1 heterocycles. The summed E-state index contributed by atoms with van der Waals surface area (Å²) in [6, 6.07) is 0. The number of aryl methyl sites for hydroxylation is 1. The van der Waals surface area contributed by atoms with E-state index in [1.165, 1.54) is 0 Å². The molecule has 0 fully saturated rings. The summed E-state index contributed by atoms with van der Waals surface area (Å²) >= 11 is 0. The maximum atomic E-state index is 13.0. The van der Waals surface area contributed by atoms with Crippen molar-refractivity contribution < 1.29 is 13.2 Å². The highest BCUT2D eigenvalue weighted by Gasteiger charge is 2.27. The van der Waals surface area contributed by atoms with E-state index in [-0.39, 0.29) is 22.0 Å². The van der Waals surface area contributed by atoms with Crippen molar-refractivity contribution >= 4 is 21.9 Å². The molecule has 3 aliphatic carbocycles. The topological polar surface area (TPSA) is 81.2 Å². The van der Waals surface area contributed by atoms with Gasteiger partial charge in [0.1, 0.15) is 5.76 Å². The predicted molar refractivity (Wildman–Crippen MR) is 124 cm³/mol. The van der Waals surface area contributed by atoms with Crippen LogP contribution in [0.3, 0.4) is 0 Å². The predicted octanol–water partition coefficient (Wildman–Crippen LogP) is 5.44. The van der Waals surface area contributed by atoms with Crippen LogP contribution in [-0.4, -0.2) is 18.4 Å². The standard InChI is InChI=1S/C24H29N3O3S/c1-24(2,3)18-13-7-10-16-21(18)30-23-22(25-19-14-8-9-15-20(19)26-23)27-31(28,29)17-11-5-4-6-12-17/h5,8,11-14,16H,4,6-7,9-10,15H2,1-3H3,(H,25,27). The lowest BCUT2D eigenvalue weighted by Gasteiger charge is -2.28. The highest BCUT2D eigenvalue weighted by Crippen LogP contribution is 2.37. The first kappa shape index (κ1) is 21.6. The molecule has 0 unspecified atom stereocenters. The Labute approximate surface area is 184 Å². The fraction of sp³-hybridized carbons (Fsp3) is 0.417. The monoisotopic (exact) mass is 439 g/mol. The molecule has 0 saturated heterocycles. The van der Waals surface area contributed by atoms with E-state index < -0.39 is 10.0 Å². The summed E-state index contributed by atoms with van der Waals surface area (Å²) in [5.41, 5.74) is 2.47. The van der Waals surface area contributed by atoms with Gasteiger partial charge in [0.15, 0.2) is 0 Å². The highest BCUT2D eigenvalue weighted by molar-refractivity contribution is 7.96. The van der Waals surface area contributed by atoms with Crippen LogP contribution in [-0.2, 0) is 16.4 Å². The van der Waals surface area contributed by atoms with Crippen molar-refractivity contribution in [2.45, 2.75) is 59.3 Å². The van der Waals surface area contributed by atoms with Gasteiger partial charge in [-0.2, -0.15) is 0 Å². The second-order valence-electron chi connectivity index (χ2n) is 8.96. The minimum Gasteiger partial charge on any atom is -0.436 e. The van der Waals surface area contributed by atoms with Gasteiger partial charge in [-0.1, -0.05) is 45.1 Å². The van der Waals surface area contributed by atoms with Gasteiger partial charge in [-0.05, 0) is 67.7 Å². The molecule has 0 saturated carbocycles. The van der Waals surface area contributed by atoms with Crippen molar-refractivity contribution in [2.24, 2.45) is 5.41 Å². The van der Waals surface area contributed by atoms with Crippen molar-refractivity contribution in [3.05, 3.63) is 64.1 Å². The highest BCUT2D eigenvalue weighted by atomic mass is 32.2. The van der Waals surface area contributed by atoms with Gasteiger partial charge in [-0.25, -0.2) is 18.4 Å². The van der Waals surface area contributed by atoms with Crippen LogP contribution in [0.4, 0.5) is 5.82 Å². The lowest BCUT2D eigenvalue weighted by Crippen LogP contribution is -2.20. The zero-order valence-corrected chi connectivity index (χ0v) is 19.1. The zero-order chi connectivity index (χ0) is 22.1. The van der Waals surface area contributed by atoms with Crippen molar-refractivity contribution in [2.75, 3.05) is 4.72 Å². The molecular formula is C24H29N3O3S. The van der Waals surface area contributed by atoms with Crippen LogP contribution in [0.2, 0.25) is 0 Å². The molecular weight excluding hydrogens is 410 g/mol. The van der Waals surface area contributed by atoms with Crippen LogP contribution in [0.5, 0.6) is 5.88 Å². The molecule has 0 atom stereocenters. The Kier molecular flexibility index (Phi) is 5.88. The number of nitrogens with one attached hydrogen (secondary N) is 1. The summed E-state index contributed by atoms with van der Waals surface area (Å²) in [5, 5.41) is 0. The van der Waals surface area contributed by atoms with E-state index in [1.54, 1.807) is 12.2 Å². The van der Waals surface area contributed by atoms with Gasteiger partial charge in [-0.15, -0.1) is 0 Å². The number of anilines is 1. The van der Waals surface area contributed by atoms with Crippen LogP contribution in [0.25, 0.3) is 6.08 Å². The minimum atomic E-state index is -3.78. The molecule has 0 aromatic carbocycles. The van der Waals surface area contributed by atoms with Crippen LogP contribution in [0.1, 0.15) is 64.3 Å². The average Bonchev–Trinajstić information content (AvgIpc) is 2.74. The van der Waals surface area contributed by atoms with Crippen molar-refractivity contribution in [1.82, 2.24) is 9.97 Å². The molecule has 6 nitrogen and oxygen atoms in total. The second-order valence-corrected chi connectivity index (χ2v) is 10.6. The normalized spacial score (nSPS) is 18.6. The first-order valence-corrected chi connectivity index (χ1v) is 12.3. The molecule has 0 amide bonds. The molecule has 31 heavy (non-hydrogen) atoms. The van der Waals surface area contributed by atoms with E-state index in [4.69, 9.17) is 4.74 Å². The zero-order valence-electron chi connectivity index (χ0n) is 18.3. The molecule has 1 aromatic heterocycles. The molecule has 0 bridgehead atoms. The van der Waals surface area contributed by atoms with Gasteiger partial charge < -0.3 is 4.74 Å². The fourth-order valence-corrected chi connectivity index (χ4v) is 4.96. The SMILES string of the molecule is CC(C)(C)C1=CCCC=C1Oc1nc2c(nc1NS(=O)(=O)C1=CCCC=C1)C=CCC2. The van der Waals surface area contributed by atoms with Crippen LogP contribution >= 0.6 is 0 Å². The Morgan fingerprint density at radius 2 is 1.68 bits per heavy atom. The Bertz CT molecular complexity index is 1130. The quantitative estimate of drug-likeness (QED) is 0.661. The number of rotatable bonds is 5. The number of aromatic nitrogens is 2. The van der Waals surface area contributed by atoms with E-state index >= 15 is 0 Å². The van der Waals surface area contributed by atoms with E-state index in [2.05, 4.69) is 41.5 Å². The number of hydrogen-bond donors (Lipinski definition) is 1. The molecule has 1 N–H and O–H groups in total. The van der Waals surface area contributed by atoms with E-state index in [0.29, 0.717) is 12.1 Å². The van der Waals surface area contributed by atoms with E-state index in [1.807, 2.05) is 24.3 Å². The number of hydrogen-bond acceptors (Lipinski definition) is 5. The molecule has 3 aliphatic rings. The Morgan fingerprint density at radius 1 is 0.935 bits per heavy atom. The van der Waals surface area contributed by atoms with Crippen molar-refractivity contribution in [1.29, 1.82) is 0 Å². The third-order valence-electron chi connectivity index (χ3n) is 5.42. The summed E-state index contributed by atoms with van der Waals surface area (Å²) in [5.74, 6) is 1.03. The summed E-state index contributed by atoms with van der Waals surface area (Å²) in [7, 11) is -3.78. The largest absolute Gasteiger partial charge is 0.436 e. The first-order valence-electron chi connectivity index (χ1n) is 10.8. The number of ether oxygens (including phenoxy) is 1. The van der Waals surface area contributed by atoms with Gasteiger partial charge in [0.2, 0.25) is 5.82 Å².